The van der Waals surface area contributed by atoms with E-state index in [1.807, 2.05) is 0 Å². The van der Waals surface area contributed by atoms with Crippen LogP contribution in [-0.2, 0) is 0 Å². The van der Waals surface area contributed by atoms with Gasteiger partial charge < -0.3 is 15.9 Å². The van der Waals surface area contributed by atoms with E-state index in [9.17, 15) is 4.79 Å². The molecule has 0 atom stereocenters. The van der Waals surface area contributed by atoms with Crippen LogP contribution in [0.15, 0.2) is 35.0 Å². The third kappa shape index (κ3) is 1.49. The normalized spacial score (nSPS) is 10.9. The zero-order chi connectivity index (χ0) is 12.7. The molecule has 0 unspecified atom stereocenters. The highest BCUT2D eigenvalue weighted by molar-refractivity contribution is 5.92. The van der Waals surface area contributed by atoms with Crippen LogP contribution in [0.3, 0.4) is 0 Å². The van der Waals surface area contributed by atoms with Crippen LogP contribution in [0.2, 0.25) is 0 Å². The van der Waals surface area contributed by atoms with Crippen molar-refractivity contribution in [2.45, 2.75) is 0 Å². The van der Waals surface area contributed by atoms with Gasteiger partial charge in [-0.15, -0.1) is 0 Å². The number of carbonyl (C=O) groups is 1. The van der Waals surface area contributed by atoms with E-state index in [0.717, 1.165) is 0 Å². The molecule has 18 heavy (non-hydrogen) atoms. The average Bonchev–Trinajstić information content (AvgIpc) is 2.95. The van der Waals surface area contributed by atoms with Gasteiger partial charge in [-0.1, -0.05) is 6.07 Å². The molecule has 90 valence electrons. The molecule has 0 aliphatic carbocycles. The number of aromatic nitrogens is 3. The molecular weight excluding hydrogens is 234 g/mol. The van der Waals surface area contributed by atoms with Gasteiger partial charge in [0.15, 0.2) is 5.58 Å². The monoisotopic (exact) mass is 243 g/mol. The first-order chi connectivity index (χ1) is 8.65. The first-order valence-electron chi connectivity index (χ1n) is 5.15. The van der Waals surface area contributed by atoms with E-state index in [-0.39, 0.29) is 11.6 Å². The molecule has 0 radical (unpaired) electrons. The number of rotatable bonds is 2. The molecule has 2 aromatic heterocycles. The Balaban J connectivity index is 2.13. The minimum absolute atomic E-state index is 0.232. The Morgan fingerprint density at radius 2 is 2.22 bits per heavy atom. The maximum Gasteiger partial charge on any atom is 0.323 e. The molecule has 0 aliphatic heterocycles. The maximum atomic E-state index is 11.0. The predicted octanol–water partition coefficient (Wildman–Crippen LogP) is 0.695. The van der Waals surface area contributed by atoms with Crippen molar-refractivity contribution in [2.75, 3.05) is 5.73 Å². The Kier molecular flexibility index (Phi) is 2.06. The van der Waals surface area contributed by atoms with E-state index >= 15 is 0 Å². The number of hydrogen-bond donors (Lipinski definition) is 2. The fourth-order valence-corrected chi connectivity index (χ4v) is 1.61. The van der Waals surface area contributed by atoms with E-state index in [0.29, 0.717) is 16.8 Å². The van der Waals surface area contributed by atoms with Crippen LogP contribution in [0.25, 0.3) is 17.1 Å². The number of oxazole rings is 1. The largest absolute Gasteiger partial charge is 0.422 e. The lowest BCUT2D eigenvalue weighted by molar-refractivity contribution is 0.100. The second-order valence-corrected chi connectivity index (χ2v) is 3.73. The molecule has 0 aliphatic rings. The van der Waals surface area contributed by atoms with Crippen molar-refractivity contribution in [1.82, 2.24) is 14.8 Å². The zero-order valence-corrected chi connectivity index (χ0v) is 9.20. The summed E-state index contributed by atoms with van der Waals surface area (Å²) in [7, 11) is 0. The summed E-state index contributed by atoms with van der Waals surface area (Å²) in [6, 6.07) is 5.48. The van der Waals surface area contributed by atoms with Gasteiger partial charge in [-0.25, -0.2) is 0 Å². The highest BCUT2D eigenvalue weighted by Crippen LogP contribution is 2.22. The van der Waals surface area contributed by atoms with E-state index in [1.165, 1.54) is 17.1 Å². The molecule has 1 amide bonds. The first kappa shape index (κ1) is 10.3. The van der Waals surface area contributed by atoms with Gasteiger partial charge in [-0.05, 0) is 12.1 Å². The maximum absolute atomic E-state index is 11.0. The predicted molar refractivity (Wildman–Crippen MR) is 64.1 cm³/mol. The second kappa shape index (κ2) is 3.59. The quantitative estimate of drug-likeness (QED) is 0.643. The van der Waals surface area contributed by atoms with Gasteiger partial charge in [0.2, 0.25) is 0 Å². The molecule has 0 bridgehead atoms. The standard InChI is InChI=1S/C11H9N5O2/c12-7-2-1-3-8-9(7)15-11(18-8)16-5-6(4-14-16)10(13)17/h1-5H,12H2,(H2,13,17). The molecule has 3 rings (SSSR count). The molecule has 7 nitrogen and oxygen atoms in total. The lowest BCUT2D eigenvalue weighted by Gasteiger charge is -1.90. The Morgan fingerprint density at radius 3 is 2.89 bits per heavy atom. The molecule has 0 fully saturated rings. The van der Waals surface area contributed by atoms with Crippen molar-refractivity contribution in [1.29, 1.82) is 0 Å². The van der Waals surface area contributed by atoms with Gasteiger partial charge >= 0.3 is 6.01 Å². The first-order valence-corrected chi connectivity index (χ1v) is 5.15. The van der Waals surface area contributed by atoms with Crippen LogP contribution >= 0.6 is 0 Å². The summed E-state index contributed by atoms with van der Waals surface area (Å²) in [6.07, 6.45) is 2.80. The van der Waals surface area contributed by atoms with Gasteiger partial charge in [0, 0.05) is 6.20 Å². The number of nitrogen functional groups attached to an aromatic ring is 1. The Hall–Kier alpha value is -2.83. The Labute approximate surface area is 101 Å². The number of nitrogens with zero attached hydrogens (tertiary/aromatic N) is 3. The van der Waals surface area contributed by atoms with Gasteiger partial charge in [0.25, 0.3) is 5.91 Å². The second-order valence-electron chi connectivity index (χ2n) is 3.73. The summed E-state index contributed by atoms with van der Waals surface area (Å²) >= 11 is 0. The van der Waals surface area contributed by atoms with Crippen LogP contribution in [0.1, 0.15) is 10.4 Å². The van der Waals surface area contributed by atoms with Crippen molar-refractivity contribution < 1.29 is 9.21 Å². The van der Waals surface area contributed by atoms with Gasteiger partial charge in [0.05, 0.1) is 17.4 Å². The molecular formula is C11H9N5O2. The van der Waals surface area contributed by atoms with Gasteiger partial charge in [-0.3, -0.25) is 4.79 Å². The van der Waals surface area contributed by atoms with E-state index in [1.54, 1.807) is 18.2 Å². The smallest absolute Gasteiger partial charge is 0.323 e. The molecule has 4 N–H and O–H groups in total. The third-order valence-electron chi connectivity index (χ3n) is 2.50. The average molecular weight is 243 g/mol. The summed E-state index contributed by atoms with van der Waals surface area (Å²) < 4.78 is 6.82. The fourth-order valence-electron chi connectivity index (χ4n) is 1.61. The Bertz CT molecular complexity index is 743. The molecule has 3 aromatic rings. The highest BCUT2D eigenvalue weighted by Gasteiger charge is 2.12. The number of benzene rings is 1. The lowest BCUT2D eigenvalue weighted by Crippen LogP contribution is -2.09. The molecule has 0 spiro atoms. The van der Waals surface area contributed by atoms with Crippen molar-refractivity contribution in [3.8, 4) is 6.01 Å². The molecule has 0 saturated carbocycles. The van der Waals surface area contributed by atoms with Gasteiger partial charge in [0.1, 0.15) is 5.52 Å². The molecule has 2 heterocycles. The number of amides is 1. The number of primary amides is 1. The van der Waals surface area contributed by atoms with Crippen molar-refractivity contribution in [2.24, 2.45) is 5.73 Å². The van der Waals surface area contributed by atoms with Gasteiger partial charge in [-0.2, -0.15) is 14.8 Å². The summed E-state index contributed by atoms with van der Waals surface area (Å²) in [5, 5.41) is 3.95. The number of nitrogens with two attached hydrogens (primary N) is 2. The minimum Gasteiger partial charge on any atom is -0.422 e. The molecule has 0 saturated heterocycles. The molecule has 7 heteroatoms. The topological polar surface area (TPSA) is 113 Å². The Morgan fingerprint density at radius 1 is 1.39 bits per heavy atom. The minimum atomic E-state index is -0.558. The number of fused-ring (bicyclic) bond motifs is 1. The number of para-hydroxylation sites is 1. The lowest BCUT2D eigenvalue weighted by atomic mass is 10.3. The van der Waals surface area contributed by atoms with Crippen molar-refractivity contribution >= 4 is 22.7 Å². The third-order valence-corrected chi connectivity index (χ3v) is 2.50. The number of hydrogen-bond acceptors (Lipinski definition) is 5. The van der Waals surface area contributed by atoms with Crippen molar-refractivity contribution in [3.05, 3.63) is 36.2 Å². The zero-order valence-electron chi connectivity index (χ0n) is 9.20. The summed E-state index contributed by atoms with van der Waals surface area (Å²) in [6.45, 7) is 0. The number of carbonyl (C=O) groups excluding carboxylic acids is 1. The van der Waals surface area contributed by atoms with Crippen LogP contribution in [-0.4, -0.2) is 20.7 Å². The van der Waals surface area contributed by atoms with Crippen molar-refractivity contribution in [3.63, 3.8) is 0 Å². The van der Waals surface area contributed by atoms with Crippen LogP contribution < -0.4 is 11.5 Å². The van der Waals surface area contributed by atoms with Crippen LogP contribution in [0, 0.1) is 0 Å². The SMILES string of the molecule is NC(=O)c1cnn(-c2nc3c(N)cccc3o2)c1. The summed E-state index contributed by atoms with van der Waals surface area (Å²) in [5.74, 6) is -0.558. The summed E-state index contributed by atoms with van der Waals surface area (Å²) in [4.78, 5) is 15.2. The fraction of sp³-hybridized carbons (Fsp3) is 0. The molecule has 1 aromatic carbocycles. The van der Waals surface area contributed by atoms with E-state index in [4.69, 9.17) is 15.9 Å². The van der Waals surface area contributed by atoms with E-state index < -0.39 is 5.91 Å². The van der Waals surface area contributed by atoms with Crippen LogP contribution in [0.5, 0.6) is 0 Å². The highest BCUT2D eigenvalue weighted by atomic mass is 16.4. The number of anilines is 1. The van der Waals surface area contributed by atoms with Crippen LogP contribution in [0.4, 0.5) is 5.69 Å². The van der Waals surface area contributed by atoms with E-state index in [2.05, 4.69) is 10.1 Å². The summed E-state index contributed by atoms with van der Waals surface area (Å²) in [5.41, 5.74) is 12.8.